The molecule has 0 saturated carbocycles. The quantitative estimate of drug-likeness (QED) is 0.426. The van der Waals surface area contributed by atoms with Crippen LogP contribution in [0.4, 0.5) is 5.69 Å². The predicted octanol–water partition coefficient (Wildman–Crippen LogP) is 4.56. The van der Waals surface area contributed by atoms with Gasteiger partial charge >= 0.3 is 0 Å². The number of thiophene rings is 1. The lowest BCUT2D eigenvalue weighted by Crippen LogP contribution is -2.28. The van der Waals surface area contributed by atoms with E-state index >= 15 is 0 Å². The molecule has 2 heterocycles. The van der Waals surface area contributed by atoms with E-state index in [9.17, 15) is 9.59 Å². The lowest BCUT2D eigenvalue weighted by atomic mass is 10.1. The van der Waals surface area contributed by atoms with E-state index in [-0.39, 0.29) is 18.0 Å². The zero-order valence-electron chi connectivity index (χ0n) is 17.8. The highest BCUT2D eigenvalue weighted by molar-refractivity contribution is 7.17. The number of benzene rings is 2. The number of amides is 1. The normalized spacial score (nSPS) is 10.8. The van der Waals surface area contributed by atoms with Crippen molar-refractivity contribution in [2.75, 3.05) is 18.5 Å². The number of nitrogens with one attached hydrogen (secondary N) is 1. The molecule has 4 rings (SSSR count). The summed E-state index contributed by atoms with van der Waals surface area (Å²) in [6, 6.07) is 14.8. The molecule has 8 heteroatoms. The SMILES string of the molecule is CCOc1ccc(-c2csc3ncn(CC(=O)Nc4ccccc4OCC)c(=O)c23)cc1. The van der Waals surface area contributed by atoms with E-state index in [0.29, 0.717) is 34.9 Å². The highest BCUT2D eigenvalue weighted by atomic mass is 32.1. The third-order valence-electron chi connectivity index (χ3n) is 4.81. The second-order valence-corrected chi connectivity index (χ2v) is 7.80. The van der Waals surface area contributed by atoms with E-state index in [1.807, 2.05) is 55.6 Å². The van der Waals surface area contributed by atoms with Gasteiger partial charge in [0.25, 0.3) is 5.56 Å². The van der Waals surface area contributed by atoms with Crippen LogP contribution in [0, 0.1) is 0 Å². The van der Waals surface area contributed by atoms with Crippen LogP contribution in [-0.2, 0) is 11.3 Å². The standard InChI is InChI=1S/C24H23N3O4S/c1-3-30-17-11-9-16(10-12-17)18-14-32-23-22(18)24(29)27(15-25-23)13-21(28)26-19-7-5-6-8-20(19)31-4-2/h5-12,14-15H,3-4,13H2,1-2H3,(H,26,28). The Hall–Kier alpha value is -3.65. The van der Waals surface area contributed by atoms with Gasteiger partial charge in [0.1, 0.15) is 22.9 Å². The monoisotopic (exact) mass is 449 g/mol. The lowest BCUT2D eigenvalue weighted by Gasteiger charge is -2.12. The highest BCUT2D eigenvalue weighted by Crippen LogP contribution is 2.31. The fourth-order valence-corrected chi connectivity index (χ4v) is 4.29. The minimum absolute atomic E-state index is 0.152. The minimum Gasteiger partial charge on any atom is -0.494 e. The van der Waals surface area contributed by atoms with Crippen molar-refractivity contribution >= 4 is 33.1 Å². The molecule has 0 atom stereocenters. The molecule has 1 amide bonds. The summed E-state index contributed by atoms with van der Waals surface area (Å²) in [5.41, 5.74) is 1.99. The van der Waals surface area contributed by atoms with E-state index in [1.54, 1.807) is 12.1 Å². The lowest BCUT2D eigenvalue weighted by molar-refractivity contribution is -0.116. The first kappa shape index (κ1) is 21.6. The molecule has 32 heavy (non-hydrogen) atoms. The first-order valence-corrected chi connectivity index (χ1v) is 11.2. The van der Waals surface area contributed by atoms with Gasteiger partial charge in [0.2, 0.25) is 5.91 Å². The number of ether oxygens (including phenoxy) is 2. The molecule has 0 saturated heterocycles. The maximum Gasteiger partial charge on any atom is 0.263 e. The third-order valence-corrected chi connectivity index (χ3v) is 5.70. The largest absolute Gasteiger partial charge is 0.494 e. The Morgan fingerprint density at radius 3 is 2.56 bits per heavy atom. The number of aromatic nitrogens is 2. The molecule has 1 N–H and O–H groups in total. The van der Waals surface area contributed by atoms with E-state index < -0.39 is 0 Å². The van der Waals surface area contributed by atoms with Crippen molar-refractivity contribution in [1.29, 1.82) is 0 Å². The number of anilines is 1. The molecule has 0 aliphatic rings. The van der Waals surface area contributed by atoms with Crippen molar-refractivity contribution in [3.63, 3.8) is 0 Å². The summed E-state index contributed by atoms with van der Waals surface area (Å²) >= 11 is 1.40. The number of hydrogen-bond donors (Lipinski definition) is 1. The molecule has 0 bridgehead atoms. The number of rotatable bonds is 8. The molecule has 7 nitrogen and oxygen atoms in total. The van der Waals surface area contributed by atoms with E-state index in [0.717, 1.165) is 16.9 Å². The minimum atomic E-state index is -0.335. The molecule has 4 aromatic rings. The molecular weight excluding hydrogens is 426 g/mol. The molecule has 164 valence electrons. The number of hydrogen-bond acceptors (Lipinski definition) is 6. The fourth-order valence-electron chi connectivity index (χ4n) is 3.39. The number of nitrogens with zero attached hydrogens (tertiary/aromatic N) is 2. The molecule has 2 aromatic carbocycles. The van der Waals surface area contributed by atoms with Gasteiger partial charge in [0.15, 0.2) is 0 Å². The summed E-state index contributed by atoms with van der Waals surface area (Å²) in [5.74, 6) is 1.02. The van der Waals surface area contributed by atoms with Gasteiger partial charge < -0.3 is 14.8 Å². The molecule has 0 unspecified atom stereocenters. The smallest absolute Gasteiger partial charge is 0.263 e. The van der Waals surface area contributed by atoms with Crippen molar-refractivity contribution in [1.82, 2.24) is 9.55 Å². The Balaban J connectivity index is 1.60. The van der Waals surface area contributed by atoms with Crippen molar-refractivity contribution in [3.8, 4) is 22.6 Å². The van der Waals surface area contributed by atoms with Crippen LogP contribution in [0.1, 0.15) is 13.8 Å². The number of fused-ring (bicyclic) bond motifs is 1. The summed E-state index contributed by atoms with van der Waals surface area (Å²) in [4.78, 5) is 30.9. The van der Waals surface area contributed by atoms with Crippen LogP contribution in [0.15, 0.2) is 65.0 Å². The van der Waals surface area contributed by atoms with E-state index in [4.69, 9.17) is 9.47 Å². The molecule has 0 fully saturated rings. The van der Waals surface area contributed by atoms with Gasteiger partial charge in [-0.1, -0.05) is 24.3 Å². The Morgan fingerprint density at radius 1 is 1.06 bits per heavy atom. The Labute approximate surface area is 189 Å². The van der Waals surface area contributed by atoms with Crippen molar-refractivity contribution in [2.45, 2.75) is 20.4 Å². The summed E-state index contributed by atoms with van der Waals surface area (Å²) in [5, 5.41) is 5.23. The molecular formula is C24H23N3O4S. The third kappa shape index (κ3) is 4.50. The zero-order chi connectivity index (χ0) is 22.5. The molecule has 0 aliphatic heterocycles. The fraction of sp³-hybridized carbons (Fsp3) is 0.208. The molecule has 0 radical (unpaired) electrons. The van der Waals surface area contributed by atoms with Gasteiger partial charge in [0, 0.05) is 10.9 Å². The maximum absolute atomic E-state index is 13.2. The average Bonchev–Trinajstić information content (AvgIpc) is 3.23. The van der Waals surface area contributed by atoms with Gasteiger partial charge in [-0.05, 0) is 43.7 Å². The topological polar surface area (TPSA) is 82.5 Å². The van der Waals surface area contributed by atoms with Crippen molar-refractivity contribution in [3.05, 3.63) is 70.6 Å². The van der Waals surface area contributed by atoms with Gasteiger partial charge in [-0.25, -0.2) is 4.98 Å². The number of carbonyl (C=O) groups is 1. The van der Waals surface area contributed by atoms with Crippen LogP contribution in [-0.4, -0.2) is 28.7 Å². The number of carbonyl (C=O) groups excluding carboxylic acids is 1. The molecule has 2 aromatic heterocycles. The van der Waals surface area contributed by atoms with Crippen LogP contribution in [0.3, 0.4) is 0 Å². The first-order chi connectivity index (χ1) is 15.6. The summed E-state index contributed by atoms with van der Waals surface area (Å²) in [7, 11) is 0. The van der Waals surface area contributed by atoms with Crippen LogP contribution in [0.2, 0.25) is 0 Å². The van der Waals surface area contributed by atoms with Crippen molar-refractivity contribution in [2.24, 2.45) is 0 Å². The Bertz CT molecular complexity index is 1290. The molecule has 0 aliphatic carbocycles. The summed E-state index contributed by atoms with van der Waals surface area (Å²) < 4.78 is 12.4. The van der Waals surface area contributed by atoms with Gasteiger partial charge in [-0.3, -0.25) is 14.2 Å². The van der Waals surface area contributed by atoms with Gasteiger partial charge in [-0.15, -0.1) is 11.3 Å². The summed E-state index contributed by atoms with van der Waals surface area (Å²) in [6.07, 6.45) is 1.41. The van der Waals surface area contributed by atoms with Crippen molar-refractivity contribution < 1.29 is 14.3 Å². The van der Waals surface area contributed by atoms with E-state index in [1.165, 1.54) is 22.2 Å². The second-order valence-electron chi connectivity index (χ2n) is 6.94. The summed E-state index contributed by atoms with van der Waals surface area (Å²) in [6.45, 7) is 4.73. The van der Waals surface area contributed by atoms with E-state index in [2.05, 4.69) is 10.3 Å². The van der Waals surface area contributed by atoms with Gasteiger partial charge in [0.05, 0.1) is 30.6 Å². The van der Waals surface area contributed by atoms with Gasteiger partial charge in [-0.2, -0.15) is 0 Å². The highest BCUT2D eigenvalue weighted by Gasteiger charge is 2.15. The molecule has 0 spiro atoms. The van der Waals surface area contributed by atoms with Crippen LogP contribution >= 0.6 is 11.3 Å². The average molecular weight is 450 g/mol. The van der Waals surface area contributed by atoms with Crippen LogP contribution in [0.5, 0.6) is 11.5 Å². The maximum atomic E-state index is 13.2. The first-order valence-electron chi connectivity index (χ1n) is 10.3. The second kappa shape index (κ2) is 9.65. The number of para-hydroxylation sites is 2. The Morgan fingerprint density at radius 2 is 1.81 bits per heavy atom. The van der Waals surface area contributed by atoms with Crippen LogP contribution in [0.25, 0.3) is 21.3 Å². The van der Waals surface area contributed by atoms with Crippen LogP contribution < -0.4 is 20.3 Å². The Kier molecular flexibility index (Phi) is 6.51. The predicted molar refractivity (Wildman–Crippen MR) is 127 cm³/mol. The zero-order valence-corrected chi connectivity index (χ0v) is 18.6.